The minimum absolute atomic E-state index is 0.142. The number of nitrogens with one attached hydrogen (secondary N) is 3. The molecule has 4 rings (SSSR count). The van der Waals surface area contributed by atoms with Crippen LogP contribution in [0.1, 0.15) is 29.9 Å². The fourth-order valence-corrected chi connectivity index (χ4v) is 3.34. The van der Waals surface area contributed by atoms with Crippen molar-refractivity contribution in [3.8, 4) is 0 Å². The summed E-state index contributed by atoms with van der Waals surface area (Å²) in [4.78, 5) is 32.4. The van der Waals surface area contributed by atoms with Gasteiger partial charge in [0.1, 0.15) is 5.82 Å². The summed E-state index contributed by atoms with van der Waals surface area (Å²) in [6, 6.07) is 13.2. The van der Waals surface area contributed by atoms with E-state index < -0.39 is 5.92 Å². The van der Waals surface area contributed by atoms with Crippen LogP contribution in [0.15, 0.2) is 47.3 Å². The van der Waals surface area contributed by atoms with Crippen molar-refractivity contribution in [1.82, 2.24) is 25.5 Å². The van der Waals surface area contributed by atoms with Crippen molar-refractivity contribution >= 4 is 27.7 Å². The summed E-state index contributed by atoms with van der Waals surface area (Å²) in [5.74, 6) is 0.206. The molecule has 4 aromatic rings. The molecule has 142 valence electrons. The summed E-state index contributed by atoms with van der Waals surface area (Å²) in [6.45, 7) is 4.28. The van der Waals surface area contributed by atoms with Gasteiger partial charge in [-0.1, -0.05) is 24.3 Å². The van der Waals surface area contributed by atoms with Gasteiger partial charge < -0.3 is 10.3 Å². The molecule has 0 fully saturated rings. The van der Waals surface area contributed by atoms with Crippen LogP contribution in [0.3, 0.4) is 0 Å². The molecule has 0 saturated carbocycles. The first-order chi connectivity index (χ1) is 13.5. The highest BCUT2D eigenvalue weighted by Crippen LogP contribution is 2.21. The molecule has 1 amide bonds. The highest BCUT2D eigenvalue weighted by Gasteiger charge is 2.20. The molecule has 7 heteroatoms. The third-order valence-corrected chi connectivity index (χ3v) is 4.88. The summed E-state index contributed by atoms with van der Waals surface area (Å²) < 4.78 is 0. The predicted molar refractivity (Wildman–Crippen MR) is 108 cm³/mol. The van der Waals surface area contributed by atoms with Crippen LogP contribution in [-0.2, 0) is 11.2 Å². The van der Waals surface area contributed by atoms with Crippen LogP contribution in [0.4, 0.5) is 0 Å². The van der Waals surface area contributed by atoms with E-state index in [9.17, 15) is 9.59 Å². The van der Waals surface area contributed by atoms with Crippen molar-refractivity contribution in [1.29, 1.82) is 0 Å². The molecular formula is C21H21N5O2. The van der Waals surface area contributed by atoms with Gasteiger partial charge in [-0.3, -0.25) is 9.59 Å². The summed E-state index contributed by atoms with van der Waals surface area (Å²) >= 11 is 0. The van der Waals surface area contributed by atoms with Crippen LogP contribution in [0.2, 0.25) is 0 Å². The van der Waals surface area contributed by atoms with E-state index in [1.807, 2.05) is 31.2 Å². The minimum atomic E-state index is -0.486. The number of hydrogen-bond acceptors (Lipinski definition) is 4. The van der Waals surface area contributed by atoms with Crippen molar-refractivity contribution in [2.45, 2.75) is 26.2 Å². The highest BCUT2D eigenvalue weighted by molar-refractivity contribution is 5.90. The number of carbonyl (C=O) groups excluding carboxylic acids is 1. The summed E-state index contributed by atoms with van der Waals surface area (Å²) in [7, 11) is 0. The van der Waals surface area contributed by atoms with E-state index in [0.29, 0.717) is 29.4 Å². The first-order valence-corrected chi connectivity index (χ1v) is 9.23. The van der Waals surface area contributed by atoms with Crippen molar-refractivity contribution in [2.75, 3.05) is 6.54 Å². The lowest BCUT2D eigenvalue weighted by atomic mass is 10.0. The number of benzene rings is 2. The minimum Gasteiger partial charge on any atom is -0.355 e. The van der Waals surface area contributed by atoms with E-state index >= 15 is 0 Å². The van der Waals surface area contributed by atoms with Crippen LogP contribution in [0.5, 0.6) is 0 Å². The Hall–Kier alpha value is -3.48. The second-order valence-corrected chi connectivity index (χ2v) is 6.95. The molecular weight excluding hydrogens is 354 g/mol. The Labute approximate surface area is 161 Å². The maximum absolute atomic E-state index is 12.6. The molecule has 0 radical (unpaired) electrons. The molecule has 7 nitrogen and oxygen atoms in total. The van der Waals surface area contributed by atoms with E-state index in [4.69, 9.17) is 0 Å². The number of aryl methyl sites for hydroxylation is 1. The number of imidazole rings is 1. The van der Waals surface area contributed by atoms with Crippen molar-refractivity contribution in [3.05, 3.63) is 69.9 Å². The van der Waals surface area contributed by atoms with E-state index in [1.54, 1.807) is 19.1 Å². The van der Waals surface area contributed by atoms with Gasteiger partial charge >= 0.3 is 0 Å². The molecule has 2 aromatic heterocycles. The number of hydrogen-bond donors (Lipinski definition) is 3. The maximum Gasteiger partial charge on any atom is 0.272 e. The smallest absolute Gasteiger partial charge is 0.272 e. The van der Waals surface area contributed by atoms with E-state index in [1.165, 1.54) is 5.56 Å². The van der Waals surface area contributed by atoms with Crippen LogP contribution >= 0.6 is 0 Å². The molecule has 1 unspecified atom stereocenters. The zero-order valence-corrected chi connectivity index (χ0v) is 15.7. The third kappa shape index (κ3) is 3.38. The Balaban J connectivity index is 1.45. The van der Waals surface area contributed by atoms with Crippen LogP contribution < -0.4 is 10.9 Å². The number of fused-ring (bicyclic) bond motifs is 2. The summed E-state index contributed by atoms with van der Waals surface area (Å²) in [6.07, 6.45) is 0.603. The van der Waals surface area contributed by atoms with Crippen molar-refractivity contribution in [3.63, 3.8) is 0 Å². The van der Waals surface area contributed by atoms with Crippen molar-refractivity contribution in [2.24, 2.45) is 0 Å². The largest absolute Gasteiger partial charge is 0.355 e. The van der Waals surface area contributed by atoms with Gasteiger partial charge in [-0.2, -0.15) is 5.10 Å². The van der Waals surface area contributed by atoms with Crippen LogP contribution in [0, 0.1) is 6.92 Å². The molecule has 0 aliphatic rings. The zero-order chi connectivity index (χ0) is 19.7. The zero-order valence-electron chi connectivity index (χ0n) is 15.7. The van der Waals surface area contributed by atoms with Crippen molar-refractivity contribution < 1.29 is 4.79 Å². The molecule has 0 saturated heterocycles. The second-order valence-electron chi connectivity index (χ2n) is 6.95. The molecule has 2 heterocycles. The maximum atomic E-state index is 12.6. The Morgan fingerprint density at radius 1 is 1.18 bits per heavy atom. The van der Waals surface area contributed by atoms with Gasteiger partial charge in [-0.25, -0.2) is 10.1 Å². The van der Waals surface area contributed by atoms with Gasteiger partial charge in [-0.15, -0.1) is 0 Å². The fraction of sp³-hybridized carbons (Fsp3) is 0.238. The Bertz CT molecular complexity index is 1220. The number of nitrogens with zero attached hydrogens (tertiary/aromatic N) is 2. The first-order valence-electron chi connectivity index (χ1n) is 9.23. The van der Waals surface area contributed by atoms with Gasteiger partial charge in [0, 0.05) is 18.4 Å². The topological polar surface area (TPSA) is 104 Å². The molecule has 3 N–H and O–H groups in total. The average Bonchev–Trinajstić information content (AvgIpc) is 3.09. The number of H-pyrrole nitrogens is 2. The lowest BCUT2D eigenvalue weighted by molar-refractivity contribution is -0.122. The number of rotatable bonds is 5. The van der Waals surface area contributed by atoms with E-state index in [0.717, 1.165) is 16.9 Å². The number of aromatic amines is 2. The fourth-order valence-electron chi connectivity index (χ4n) is 3.34. The molecule has 0 spiro atoms. The lowest BCUT2D eigenvalue weighted by Crippen LogP contribution is -2.31. The first kappa shape index (κ1) is 17.9. The summed E-state index contributed by atoms with van der Waals surface area (Å²) in [5, 5.41) is 10.8. The standard InChI is InChI=1S/C21H21N5O2/c1-12-7-8-16-17(11-12)24-18(23-16)9-10-22-20(27)13(2)19-14-5-3-4-6-15(14)21(28)26-25-19/h3-8,11,13H,9-10H2,1-2H3,(H,22,27)(H,23,24)(H,26,28). The van der Waals surface area contributed by atoms with E-state index in [-0.39, 0.29) is 11.5 Å². The third-order valence-electron chi connectivity index (χ3n) is 4.88. The van der Waals surface area contributed by atoms with Crippen LogP contribution in [-0.4, -0.2) is 32.6 Å². The van der Waals surface area contributed by atoms with Gasteiger partial charge in [-0.05, 0) is 37.6 Å². The molecule has 0 aliphatic heterocycles. The molecule has 0 bridgehead atoms. The Morgan fingerprint density at radius 2 is 1.96 bits per heavy atom. The molecule has 2 aromatic carbocycles. The summed E-state index contributed by atoms with van der Waals surface area (Å²) in [5.41, 5.74) is 3.40. The predicted octanol–water partition coefficient (Wildman–Crippen LogP) is 2.57. The molecule has 0 aliphatic carbocycles. The quantitative estimate of drug-likeness (QED) is 0.499. The van der Waals surface area contributed by atoms with Gasteiger partial charge in [0.15, 0.2) is 0 Å². The van der Waals surface area contributed by atoms with Gasteiger partial charge in [0.25, 0.3) is 5.56 Å². The lowest BCUT2D eigenvalue weighted by Gasteiger charge is -2.13. The van der Waals surface area contributed by atoms with Gasteiger partial charge in [0.05, 0.1) is 28.0 Å². The highest BCUT2D eigenvalue weighted by atomic mass is 16.2. The number of aromatic nitrogens is 4. The Morgan fingerprint density at radius 3 is 2.79 bits per heavy atom. The Kier molecular flexibility index (Phi) is 4.65. The molecule has 28 heavy (non-hydrogen) atoms. The normalized spacial score (nSPS) is 12.4. The average molecular weight is 375 g/mol. The monoisotopic (exact) mass is 375 g/mol. The second kappa shape index (κ2) is 7.26. The van der Waals surface area contributed by atoms with Crippen LogP contribution in [0.25, 0.3) is 21.8 Å². The van der Waals surface area contributed by atoms with Gasteiger partial charge in [0.2, 0.25) is 5.91 Å². The number of carbonyl (C=O) groups is 1. The number of amides is 1. The molecule has 1 atom stereocenters. The van der Waals surface area contributed by atoms with E-state index in [2.05, 4.69) is 31.5 Å². The SMILES string of the molecule is Cc1ccc2nc(CCNC(=O)C(C)c3n[nH]c(=O)c4ccccc34)[nH]c2c1.